The quantitative estimate of drug-likeness (QED) is 0.0871. The normalized spacial score (nSPS) is 11.9. The average molecular weight is 766 g/mol. The SMILES string of the molecule is NCCOCCOCCNC(=O)c1ccc(Cn2c(-c3cc(C(F)(F)F)cc(C(F)(F)F)c3)nc(-c3ccccc3Cl)c2-c2ccccc2Cl)cc1. The number of nitrogens with zero attached hydrogens (tertiary/aromatic N) is 2. The number of carbonyl (C=O) groups is 1. The highest BCUT2D eigenvalue weighted by Crippen LogP contribution is 2.44. The van der Waals surface area contributed by atoms with E-state index >= 15 is 0 Å². The van der Waals surface area contributed by atoms with Crippen LogP contribution in [0.4, 0.5) is 26.3 Å². The zero-order valence-corrected chi connectivity index (χ0v) is 28.8. The first kappa shape index (κ1) is 38.8. The first-order chi connectivity index (χ1) is 24.8. The van der Waals surface area contributed by atoms with Crippen molar-refractivity contribution in [3.63, 3.8) is 0 Å². The lowest BCUT2D eigenvalue weighted by Crippen LogP contribution is -2.27. The van der Waals surface area contributed by atoms with Crippen molar-refractivity contribution in [1.29, 1.82) is 0 Å². The molecule has 0 fully saturated rings. The van der Waals surface area contributed by atoms with Crippen LogP contribution in [0.15, 0.2) is 91.0 Å². The van der Waals surface area contributed by atoms with Gasteiger partial charge in [0.1, 0.15) is 5.82 Å². The summed E-state index contributed by atoms with van der Waals surface area (Å²) >= 11 is 13.3. The minimum Gasteiger partial charge on any atom is -0.378 e. The number of nitrogens with two attached hydrogens (primary N) is 1. The smallest absolute Gasteiger partial charge is 0.378 e. The van der Waals surface area contributed by atoms with Crippen molar-refractivity contribution in [2.45, 2.75) is 18.9 Å². The summed E-state index contributed by atoms with van der Waals surface area (Å²) in [5, 5.41) is 3.24. The van der Waals surface area contributed by atoms with Crippen molar-refractivity contribution in [2.24, 2.45) is 5.73 Å². The van der Waals surface area contributed by atoms with Crippen LogP contribution in [0.1, 0.15) is 27.0 Å². The Hall–Kier alpha value is -4.40. The van der Waals surface area contributed by atoms with Gasteiger partial charge >= 0.3 is 12.4 Å². The Balaban J connectivity index is 1.58. The standard InChI is InChI=1S/C37H32Cl2F6N4O3/c38-30-7-3-1-5-28(30)32-33(29-6-2-4-8-31(29)39)49(34(48-32)25-19-26(36(40,41)42)21-27(20-25)37(43,44)45)22-23-9-11-24(12-10-23)35(50)47-14-16-52-18-17-51-15-13-46/h1-12,19-21H,13-18,22,46H2,(H,47,50). The molecular weight excluding hydrogens is 733 g/mol. The van der Waals surface area contributed by atoms with Gasteiger partial charge in [0.25, 0.3) is 5.91 Å². The number of ether oxygens (including phenoxy) is 2. The molecule has 0 aliphatic rings. The molecule has 52 heavy (non-hydrogen) atoms. The molecule has 0 aliphatic carbocycles. The van der Waals surface area contributed by atoms with E-state index in [1.165, 1.54) is 4.57 Å². The van der Waals surface area contributed by atoms with E-state index in [1.807, 2.05) is 0 Å². The minimum absolute atomic E-state index is 0.0640. The van der Waals surface area contributed by atoms with Crippen molar-refractivity contribution in [2.75, 3.05) is 39.5 Å². The predicted octanol–water partition coefficient (Wildman–Crippen LogP) is 9.00. The van der Waals surface area contributed by atoms with Crippen LogP contribution in [0.25, 0.3) is 33.9 Å². The summed E-state index contributed by atoms with van der Waals surface area (Å²) in [4.78, 5) is 17.5. The molecule has 4 aromatic carbocycles. The van der Waals surface area contributed by atoms with Crippen molar-refractivity contribution in [3.8, 4) is 33.9 Å². The van der Waals surface area contributed by atoms with Gasteiger partial charge in [-0.05, 0) is 48.0 Å². The molecule has 3 N–H and O–H groups in total. The second-order valence-electron chi connectivity index (χ2n) is 11.4. The molecule has 0 saturated heterocycles. The van der Waals surface area contributed by atoms with E-state index in [4.69, 9.17) is 38.4 Å². The molecule has 0 unspecified atom stereocenters. The lowest BCUT2D eigenvalue weighted by molar-refractivity contribution is -0.143. The third kappa shape index (κ3) is 9.52. The molecular formula is C37H32Cl2F6N4O3. The molecule has 7 nitrogen and oxygen atoms in total. The average Bonchev–Trinajstić information content (AvgIpc) is 3.47. The molecule has 0 saturated carbocycles. The van der Waals surface area contributed by atoms with Crippen LogP contribution in [0, 0.1) is 0 Å². The van der Waals surface area contributed by atoms with Gasteiger partial charge in [-0.25, -0.2) is 4.98 Å². The Kier molecular flexibility index (Phi) is 12.7. The maximum absolute atomic E-state index is 14.0. The number of amides is 1. The van der Waals surface area contributed by atoms with E-state index in [0.717, 1.165) is 0 Å². The minimum atomic E-state index is -5.09. The maximum Gasteiger partial charge on any atom is 0.416 e. The summed E-state index contributed by atoms with van der Waals surface area (Å²) in [6, 6.07) is 20.9. The highest BCUT2D eigenvalue weighted by Gasteiger charge is 2.38. The molecule has 15 heteroatoms. The molecule has 0 atom stereocenters. The van der Waals surface area contributed by atoms with Crippen LogP contribution in [-0.2, 0) is 28.4 Å². The number of benzene rings is 4. The van der Waals surface area contributed by atoms with Crippen molar-refractivity contribution < 1.29 is 40.6 Å². The van der Waals surface area contributed by atoms with E-state index in [2.05, 4.69) is 10.3 Å². The second kappa shape index (κ2) is 17.0. The summed E-state index contributed by atoms with van der Waals surface area (Å²) in [7, 11) is 0. The number of nitrogens with one attached hydrogen (secondary N) is 1. The van der Waals surface area contributed by atoms with E-state index in [-0.39, 0.29) is 53.2 Å². The van der Waals surface area contributed by atoms with E-state index in [1.54, 1.807) is 72.8 Å². The number of hydrogen-bond acceptors (Lipinski definition) is 5. The van der Waals surface area contributed by atoms with E-state index in [9.17, 15) is 31.1 Å². The van der Waals surface area contributed by atoms with Crippen LogP contribution in [0.3, 0.4) is 0 Å². The van der Waals surface area contributed by atoms with Gasteiger partial charge in [-0.2, -0.15) is 26.3 Å². The van der Waals surface area contributed by atoms with Gasteiger partial charge in [0, 0.05) is 46.9 Å². The van der Waals surface area contributed by atoms with E-state index in [0.29, 0.717) is 66.4 Å². The van der Waals surface area contributed by atoms with Gasteiger partial charge in [-0.15, -0.1) is 0 Å². The van der Waals surface area contributed by atoms with Crippen LogP contribution in [0.5, 0.6) is 0 Å². The lowest BCUT2D eigenvalue weighted by atomic mass is 10.0. The largest absolute Gasteiger partial charge is 0.416 e. The third-order valence-electron chi connectivity index (χ3n) is 7.79. The highest BCUT2D eigenvalue weighted by atomic mass is 35.5. The Labute approximate surface area is 305 Å². The number of carbonyl (C=O) groups excluding carboxylic acids is 1. The fraction of sp³-hybridized carbons (Fsp3) is 0.243. The van der Waals surface area contributed by atoms with Crippen LogP contribution < -0.4 is 11.1 Å². The fourth-order valence-corrected chi connectivity index (χ4v) is 5.82. The van der Waals surface area contributed by atoms with Gasteiger partial charge in [-0.1, -0.05) is 71.7 Å². The number of rotatable bonds is 14. The molecule has 1 aromatic heterocycles. The van der Waals surface area contributed by atoms with Gasteiger partial charge < -0.3 is 25.1 Å². The van der Waals surface area contributed by atoms with Crippen LogP contribution >= 0.6 is 23.2 Å². The number of alkyl halides is 6. The van der Waals surface area contributed by atoms with Gasteiger partial charge in [0.2, 0.25) is 0 Å². The Morgan fingerprint density at radius 2 is 1.31 bits per heavy atom. The van der Waals surface area contributed by atoms with Crippen LogP contribution in [-0.4, -0.2) is 55.0 Å². The topological polar surface area (TPSA) is 91.4 Å². The molecule has 0 spiro atoms. The Morgan fingerprint density at radius 3 is 1.87 bits per heavy atom. The number of imidazole rings is 1. The first-order valence-electron chi connectivity index (χ1n) is 15.9. The summed E-state index contributed by atoms with van der Waals surface area (Å²) in [6.45, 7) is 1.94. The van der Waals surface area contributed by atoms with Gasteiger partial charge in [0.05, 0.1) is 54.0 Å². The molecule has 0 aliphatic heterocycles. The number of halogens is 8. The van der Waals surface area contributed by atoms with Crippen molar-refractivity contribution in [3.05, 3.63) is 123 Å². The van der Waals surface area contributed by atoms with Gasteiger partial charge in [0.15, 0.2) is 0 Å². The maximum atomic E-state index is 14.0. The Bertz CT molecular complexity index is 1970. The molecule has 1 amide bonds. The molecule has 5 aromatic rings. The van der Waals surface area contributed by atoms with Crippen LogP contribution in [0.2, 0.25) is 10.0 Å². The summed E-state index contributed by atoms with van der Waals surface area (Å²) in [5.74, 6) is -0.573. The molecule has 274 valence electrons. The molecule has 5 rings (SSSR count). The lowest BCUT2D eigenvalue weighted by Gasteiger charge is -2.17. The van der Waals surface area contributed by atoms with Gasteiger partial charge in [-0.3, -0.25) is 4.79 Å². The zero-order chi connectivity index (χ0) is 37.5. The third-order valence-corrected chi connectivity index (χ3v) is 8.45. The zero-order valence-electron chi connectivity index (χ0n) is 27.3. The summed E-state index contributed by atoms with van der Waals surface area (Å²) in [6.07, 6.45) is -10.2. The highest BCUT2D eigenvalue weighted by molar-refractivity contribution is 6.34. The van der Waals surface area contributed by atoms with Crippen molar-refractivity contribution >= 4 is 29.1 Å². The summed E-state index contributed by atoms with van der Waals surface area (Å²) < 4.78 is 96.2. The predicted molar refractivity (Wildman–Crippen MR) is 187 cm³/mol. The molecule has 1 heterocycles. The Morgan fingerprint density at radius 1 is 0.750 bits per heavy atom. The number of hydrogen-bond donors (Lipinski definition) is 2. The molecule has 0 bridgehead atoms. The van der Waals surface area contributed by atoms with E-state index < -0.39 is 29.0 Å². The molecule has 0 radical (unpaired) electrons. The monoisotopic (exact) mass is 764 g/mol. The fourth-order valence-electron chi connectivity index (χ4n) is 5.37. The summed E-state index contributed by atoms with van der Waals surface area (Å²) in [5.41, 5.74) is 4.08. The first-order valence-corrected chi connectivity index (χ1v) is 16.7. The van der Waals surface area contributed by atoms with Crippen molar-refractivity contribution in [1.82, 2.24) is 14.9 Å². The second-order valence-corrected chi connectivity index (χ2v) is 12.3. The number of aromatic nitrogens is 2.